The van der Waals surface area contributed by atoms with Crippen molar-refractivity contribution in [3.63, 3.8) is 0 Å². The summed E-state index contributed by atoms with van der Waals surface area (Å²) in [4.78, 5) is 9.03. The van der Waals surface area contributed by atoms with Crippen LogP contribution in [-0.2, 0) is 0 Å². The molecule has 0 aliphatic carbocycles. The molecule has 14 heavy (non-hydrogen) atoms. The summed E-state index contributed by atoms with van der Waals surface area (Å²) in [7, 11) is 2.17. The van der Waals surface area contributed by atoms with Gasteiger partial charge in [0, 0.05) is 37.9 Å². The molecular formula is C11H16N3. The average Bonchev–Trinajstić information content (AvgIpc) is 2.23. The molecular weight excluding hydrogens is 174 g/mol. The molecule has 1 fully saturated rings. The van der Waals surface area contributed by atoms with E-state index in [-0.39, 0.29) is 0 Å². The number of hydrogen-bond acceptors (Lipinski definition) is 3. The Morgan fingerprint density at radius 3 is 3.00 bits per heavy atom. The Morgan fingerprint density at radius 1 is 1.50 bits per heavy atom. The first-order chi connectivity index (χ1) is 6.77. The number of anilines is 1. The Labute approximate surface area is 85.4 Å². The van der Waals surface area contributed by atoms with Crippen LogP contribution in [0.2, 0.25) is 0 Å². The van der Waals surface area contributed by atoms with Gasteiger partial charge < -0.3 is 9.80 Å². The molecule has 2 rings (SSSR count). The molecule has 0 N–H and O–H groups in total. The maximum absolute atomic E-state index is 4.31. The number of pyridine rings is 1. The van der Waals surface area contributed by atoms with Crippen molar-refractivity contribution in [3.05, 3.63) is 24.4 Å². The van der Waals surface area contributed by atoms with Crippen LogP contribution in [0.3, 0.4) is 0 Å². The molecule has 2 heterocycles. The zero-order valence-corrected chi connectivity index (χ0v) is 8.77. The summed E-state index contributed by atoms with van der Waals surface area (Å²) in [5, 5.41) is 0. The minimum Gasteiger partial charge on any atom is -0.354 e. The molecule has 1 unspecified atom stereocenters. The van der Waals surface area contributed by atoms with Crippen LogP contribution in [0.15, 0.2) is 18.3 Å². The quantitative estimate of drug-likeness (QED) is 0.659. The number of rotatable bonds is 1. The zero-order valence-electron chi connectivity index (χ0n) is 8.77. The van der Waals surface area contributed by atoms with Gasteiger partial charge in [0.25, 0.3) is 0 Å². The molecule has 0 amide bonds. The van der Waals surface area contributed by atoms with Crippen LogP contribution >= 0.6 is 0 Å². The zero-order chi connectivity index (χ0) is 9.97. The van der Waals surface area contributed by atoms with E-state index in [1.54, 1.807) is 6.20 Å². The Balaban J connectivity index is 2.07. The van der Waals surface area contributed by atoms with E-state index in [9.17, 15) is 0 Å². The van der Waals surface area contributed by atoms with Gasteiger partial charge in [-0.2, -0.15) is 0 Å². The van der Waals surface area contributed by atoms with Gasteiger partial charge in [-0.3, -0.25) is 0 Å². The molecule has 3 heteroatoms. The Kier molecular flexibility index (Phi) is 2.68. The molecule has 0 saturated carbocycles. The number of likely N-dealkylation sites (N-methyl/N-ethyl adjacent to an activating group) is 1. The van der Waals surface area contributed by atoms with Crippen LogP contribution in [-0.4, -0.2) is 42.6 Å². The van der Waals surface area contributed by atoms with Gasteiger partial charge in [0.15, 0.2) is 0 Å². The normalized spacial score (nSPS) is 23.9. The standard InChI is InChI=1S/C11H16N3/c1-10-9-14(8-7-13(10)2)11-5-3-4-6-12-11/h3,5-6,10H,7-9H2,1-2H3. The third kappa shape index (κ3) is 1.87. The maximum atomic E-state index is 4.31. The Hall–Kier alpha value is -1.09. The van der Waals surface area contributed by atoms with Crippen molar-refractivity contribution in [3.8, 4) is 0 Å². The van der Waals surface area contributed by atoms with Crippen molar-refractivity contribution in [2.75, 3.05) is 31.6 Å². The molecule has 1 aliphatic heterocycles. The molecule has 1 saturated heterocycles. The first-order valence-electron chi connectivity index (χ1n) is 5.04. The summed E-state index contributed by atoms with van der Waals surface area (Å²) in [6.07, 6.45) is 1.73. The van der Waals surface area contributed by atoms with Crippen LogP contribution in [0.1, 0.15) is 6.92 Å². The van der Waals surface area contributed by atoms with E-state index >= 15 is 0 Å². The highest BCUT2D eigenvalue weighted by Gasteiger charge is 2.20. The highest BCUT2D eigenvalue weighted by atomic mass is 15.3. The smallest absolute Gasteiger partial charge is 0.128 e. The molecule has 3 nitrogen and oxygen atoms in total. The summed E-state index contributed by atoms with van der Waals surface area (Å²) in [5.74, 6) is 1.07. The molecule has 1 atom stereocenters. The van der Waals surface area contributed by atoms with Crippen LogP contribution in [0.4, 0.5) is 5.82 Å². The van der Waals surface area contributed by atoms with Gasteiger partial charge in [0.1, 0.15) is 5.82 Å². The molecule has 1 aromatic rings. The third-order valence-electron chi connectivity index (χ3n) is 2.88. The lowest BCUT2D eigenvalue weighted by atomic mass is 10.2. The van der Waals surface area contributed by atoms with E-state index in [4.69, 9.17) is 0 Å². The fourth-order valence-electron chi connectivity index (χ4n) is 1.76. The molecule has 1 aromatic heterocycles. The summed E-state index contributed by atoms with van der Waals surface area (Å²) < 4.78 is 0. The fraction of sp³-hybridized carbons (Fsp3) is 0.545. The van der Waals surface area contributed by atoms with Crippen LogP contribution < -0.4 is 4.90 Å². The van der Waals surface area contributed by atoms with Crippen molar-refractivity contribution < 1.29 is 0 Å². The van der Waals surface area contributed by atoms with Crippen molar-refractivity contribution in [2.24, 2.45) is 0 Å². The summed E-state index contributed by atoms with van der Waals surface area (Å²) in [6, 6.07) is 7.50. The van der Waals surface area contributed by atoms with Gasteiger partial charge in [-0.1, -0.05) is 0 Å². The fourth-order valence-corrected chi connectivity index (χ4v) is 1.76. The summed E-state index contributed by atoms with van der Waals surface area (Å²) in [5.41, 5.74) is 0. The topological polar surface area (TPSA) is 19.4 Å². The van der Waals surface area contributed by atoms with Gasteiger partial charge in [0.05, 0.1) is 0 Å². The van der Waals surface area contributed by atoms with Crippen molar-refractivity contribution >= 4 is 5.82 Å². The van der Waals surface area contributed by atoms with Crippen molar-refractivity contribution in [1.29, 1.82) is 0 Å². The summed E-state index contributed by atoms with van der Waals surface area (Å²) >= 11 is 0. The maximum Gasteiger partial charge on any atom is 0.128 e. The van der Waals surface area contributed by atoms with Gasteiger partial charge in [-0.25, -0.2) is 4.98 Å². The Morgan fingerprint density at radius 2 is 2.36 bits per heavy atom. The first-order valence-corrected chi connectivity index (χ1v) is 5.04. The summed E-state index contributed by atoms with van der Waals surface area (Å²) in [6.45, 7) is 5.49. The minimum absolute atomic E-state index is 0.606. The molecule has 75 valence electrons. The second kappa shape index (κ2) is 3.96. The lowest BCUT2D eigenvalue weighted by molar-refractivity contribution is 0.233. The van der Waals surface area contributed by atoms with E-state index in [1.165, 1.54) is 0 Å². The molecule has 1 aliphatic rings. The second-order valence-corrected chi connectivity index (χ2v) is 3.89. The molecule has 0 bridgehead atoms. The number of hydrogen-bond donors (Lipinski definition) is 0. The number of piperazine rings is 1. The molecule has 0 spiro atoms. The van der Waals surface area contributed by atoms with Gasteiger partial charge in [-0.05, 0) is 26.1 Å². The van der Waals surface area contributed by atoms with Crippen LogP contribution in [0.5, 0.6) is 0 Å². The van der Waals surface area contributed by atoms with Gasteiger partial charge >= 0.3 is 0 Å². The minimum atomic E-state index is 0.606. The van der Waals surface area contributed by atoms with Crippen molar-refractivity contribution in [2.45, 2.75) is 13.0 Å². The third-order valence-corrected chi connectivity index (χ3v) is 2.88. The largest absolute Gasteiger partial charge is 0.354 e. The van der Waals surface area contributed by atoms with E-state index in [1.807, 2.05) is 12.1 Å². The highest BCUT2D eigenvalue weighted by molar-refractivity contribution is 5.38. The Bertz CT molecular complexity index is 286. The van der Waals surface area contributed by atoms with Crippen LogP contribution in [0.25, 0.3) is 0 Å². The van der Waals surface area contributed by atoms with E-state index in [0.717, 1.165) is 25.5 Å². The molecule has 0 aromatic carbocycles. The number of aromatic nitrogens is 1. The van der Waals surface area contributed by atoms with Gasteiger partial charge in [-0.15, -0.1) is 0 Å². The van der Waals surface area contributed by atoms with Crippen molar-refractivity contribution in [1.82, 2.24) is 9.88 Å². The lowest BCUT2D eigenvalue weighted by Gasteiger charge is -2.38. The monoisotopic (exact) mass is 190 g/mol. The average molecular weight is 190 g/mol. The predicted molar refractivity (Wildman–Crippen MR) is 57.4 cm³/mol. The predicted octanol–water partition coefficient (Wildman–Crippen LogP) is 1.02. The molecule has 1 radical (unpaired) electrons. The number of nitrogens with zero attached hydrogens (tertiary/aromatic N) is 3. The van der Waals surface area contributed by atoms with Crippen LogP contribution in [0, 0.1) is 6.07 Å². The second-order valence-electron chi connectivity index (χ2n) is 3.89. The lowest BCUT2D eigenvalue weighted by Crippen LogP contribution is -2.50. The van der Waals surface area contributed by atoms with E-state index in [2.05, 4.69) is 34.8 Å². The van der Waals surface area contributed by atoms with Gasteiger partial charge in [0.2, 0.25) is 0 Å². The first kappa shape index (κ1) is 9.46. The van der Waals surface area contributed by atoms with E-state index in [0.29, 0.717) is 6.04 Å². The van der Waals surface area contributed by atoms with E-state index < -0.39 is 0 Å². The highest BCUT2D eigenvalue weighted by Crippen LogP contribution is 2.14. The SMILES string of the molecule is CC1CN(c2cc[c]cn2)CCN1C.